The Labute approximate surface area is 420 Å². The molecule has 0 bridgehead atoms. The second kappa shape index (κ2) is 27.2. The molecule has 20 heteroatoms. The lowest BCUT2D eigenvalue weighted by molar-refractivity contribution is -0.334. The number of phosphoric acid groups is 1. The number of phosphoric ester groups is 1. The first-order chi connectivity index (χ1) is 33.0. The van der Waals surface area contributed by atoms with Crippen molar-refractivity contribution in [3.63, 3.8) is 0 Å². The lowest BCUT2D eigenvalue weighted by Gasteiger charge is -2.50. The number of methoxy groups -OCH3 is 2. The van der Waals surface area contributed by atoms with Gasteiger partial charge in [-0.05, 0) is 71.9 Å². The van der Waals surface area contributed by atoms with Crippen LogP contribution in [0.3, 0.4) is 0 Å². The van der Waals surface area contributed by atoms with Gasteiger partial charge in [-0.15, -0.1) is 0 Å². The third-order valence-corrected chi connectivity index (χ3v) is 14.7. The van der Waals surface area contributed by atoms with E-state index in [0.717, 1.165) is 16.7 Å². The number of oxazole rings is 1. The number of ether oxygens (including phenoxy) is 4. The molecular formula is C51H83N4O15P. The number of nitrogens with one attached hydrogen (secondary N) is 1. The summed E-state index contributed by atoms with van der Waals surface area (Å²) in [7, 11) is 1.13. The average Bonchev–Trinajstić information content (AvgIpc) is 3.84. The Morgan fingerprint density at radius 1 is 1.06 bits per heavy atom. The molecule has 1 aromatic rings. The minimum Gasteiger partial charge on any atom is -0.448 e. The van der Waals surface area contributed by atoms with Crippen LogP contribution in [0.2, 0.25) is 0 Å². The van der Waals surface area contributed by atoms with E-state index in [1.165, 1.54) is 26.6 Å². The number of carbonyl (C=O) groups is 1. The summed E-state index contributed by atoms with van der Waals surface area (Å²) in [6, 6.07) is 0.980. The van der Waals surface area contributed by atoms with Crippen LogP contribution in [0, 0.1) is 34.5 Å². The van der Waals surface area contributed by atoms with Crippen LogP contribution in [-0.4, -0.2) is 159 Å². The number of hydrogen-bond donors (Lipinski definition) is 8. The van der Waals surface area contributed by atoms with Gasteiger partial charge in [-0.2, -0.15) is 5.26 Å². The van der Waals surface area contributed by atoms with E-state index in [9.17, 15) is 44.7 Å². The van der Waals surface area contributed by atoms with Gasteiger partial charge in [-0.1, -0.05) is 77.5 Å². The molecule has 8 N–H and O–H groups in total. The highest BCUT2D eigenvalue weighted by Crippen LogP contribution is 2.59. The summed E-state index contributed by atoms with van der Waals surface area (Å²) in [6.07, 6.45) is 4.05. The van der Waals surface area contributed by atoms with Gasteiger partial charge < -0.3 is 68.9 Å². The molecule has 71 heavy (non-hydrogen) atoms. The van der Waals surface area contributed by atoms with Crippen molar-refractivity contribution in [2.24, 2.45) is 23.2 Å². The number of nitriles is 1. The zero-order valence-electron chi connectivity index (χ0n) is 44.0. The molecule has 1 spiro atoms. The number of hydrogen-bond acceptors (Lipinski definition) is 16. The second-order valence-corrected chi connectivity index (χ2v) is 21.6. The van der Waals surface area contributed by atoms with Crippen LogP contribution in [0.25, 0.3) is 6.08 Å². The molecule has 2 saturated heterocycles. The number of aliphatic hydroxyl groups excluding tert-OH is 5. The van der Waals surface area contributed by atoms with E-state index >= 15 is 0 Å². The number of aliphatic hydroxyl groups is 5. The van der Waals surface area contributed by atoms with Crippen molar-refractivity contribution in [2.75, 3.05) is 34.9 Å². The maximum Gasteiger partial charge on any atom is 0.469 e. The molecule has 2 aliphatic rings. The Morgan fingerprint density at radius 2 is 1.72 bits per heavy atom. The molecule has 0 aromatic carbocycles. The highest BCUT2D eigenvalue weighted by molar-refractivity contribution is 7.46. The van der Waals surface area contributed by atoms with Gasteiger partial charge in [0.2, 0.25) is 0 Å². The third kappa shape index (κ3) is 16.8. The van der Waals surface area contributed by atoms with E-state index in [1.807, 2.05) is 78.0 Å². The van der Waals surface area contributed by atoms with Crippen LogP contribution in [-0.2, 0) is 32.8 Å². The van der Waals surface area contributed by atoms with Crippen molar-refractivity contribution in [1.82, 2.24) is 15.2 Å². The van der Waals surface area contributed by atoms with E-state index < -0.39 is 104 Å². The fraction of sp³-hybridized carbons (Fsp3) is 0.706. The summed E-state index contributed by atoms with van der Waals surface area (Å²) in [5, 5.41) is 67.4. The molecule has 2 aliphatic heterocycles. The van der Waals surface area contributed by atoms with Crippen molar-refractivity contribution in [3.05, 3.63) is 71.0 Å². The highest BCUT2D eigenvalue weighted by Gasteiger charge is 2.68. The van der Waals surface area contributed by atoms with Crippen molar-refractivity contribution >= 4 is 19.8 Å². The fourth-order valence-electron chi connectivity index (χ4n) is 9.34. The number of amides is 1. The third-order valence-electron chi connectivity index (χ3n) is 14.2. The Morgan fingerprint density at radius 3 is 2.31 bits per heavy atom. The minimum absolute atomic E-state index is 0.0661. The average molecular weight is 1020 g/mol. The van der Waals surface area contributed by atoms with E-state index in [-0.39, 0.29) is 37.7 Å². The van der Waals surface area contributed by atoms with Gasteiger partial charge >= 0.3 is 7.82 Å². The summed E-state index contributed by atoms with van der Waals surface area (Å²) < 4.78 is 48.3. The van der Waals surface area contributed by atoms with Gasteiger partial charge in [0.25, 0.3) is 5.91 Å². The first kappa shape index (κ1) is 61.9. The number of aromatic nitrogens is 1. The SMILES string of the molecule is COC[C@@H]([C@H](O)[C@H](O)C(=O)N[C@H](C)C[C@H](C)c1nc(/C=C/C[C@@H]2OC3(C[C@@H](O)[C@@H]2C)O[C@H]([C@H](C[C@H](O)[C@H](C)[C@H](O)[C@H](C)/C=C(C)/C(C)=C/C=C/C(C)=C\C#N)OC)[C@H](OP(=O)(O)O)C3(C)C)co1)N(C)C. The summed E-state index contributed by atoms with van der Waals surface area (Å²) in [5.41, 5.74) is 1.87. The maximum atomic E-state index is 12.8. The van der Waals surface area contributed by atoms with Gasteiger partial charge in [0, 0.05) is 68.3 Å². The molecule has 19 nitrogen and oxygen atoms in total. The molecule has 402 valence electrons. The molecule has 1 aromatic heterocycles. The fourth-order valence-corrected chi connectivity index (χ4v) is 10.0. The highest BCUT2D eigenvalue weighted by atomic mass is 31.2. The Hall–Kier alpha value is -3.42. The number of rotatable bonds is 26. The first-order valence-corrected chi connectivity index (χ1v) is 25.8. The first-order valence-electron chi connectivity index (χ1n) is 24.2. The molecular weight excluding hydrogens is 940 g/mol. The van der Waals surface area contributed by atoms with Gasteiger partial charge in [-0.3, -0.25) is 9.32 Å². The standard InChI is InChI=1S/C51H83N4O15P/c1-29(21-22-52)17-15-18-30(2)31(3)23-32(4)43(58)36(8)39(56)25-42(66-14)46-47(70-71(62,63)64)50(9,10)51(69-46)26-40(57)35(7)41(68-51)20-16-19-37-27-67-49(54-37)33(5)24-34(6)53-48(61)45(60)44(59)38(28-65-13)55(11)12/h15-19,21,23,27,32-36,38-47,56-60H,20,24-26,28H2,1-14H3,(H,53,61)(H2,62,63,64)/b17-15+,19-16+,29-21-,30-18+,31-23+/t32-,33+,34-,35+,36+,38+,39+,40-,41+,42+,43-,44+,45+,46-,47+,51?/m1/s1. The van der Waals surface area contributed by atoms with Gasteiger partial charge in [0.1, 0.15) is 30.3 Å². The van der Waals surface area contributed by atoms with Gasteiger partial charge in [0.05, 0.1) is 49.2 Å². The van der Waals surface area contributed by atoms with Crippen LogP contribution < -0.4 is 5.32 Å². The lowest BCUT2D eigenvalue weighted by atomic mass is 9.72. The predicted molar refractivity (Wildman–Crippen MR) is 267 cm³/mol. The summed E-state index contributed by atoms with van der Waals surface area (Å²) in [5.74, 6) is -3.67. The molecule has 3 rings (SSSR count). The monoisotopic (exact) mass is 1020 g/mol. The van der Waals surface area contributed by atoms with Crippen molar-refractivity contribution in [3.8, 4) is 6.07 Å². The summed E-state index contributed by atoms with van der Waals surface area (Å²) in [6.45, 7) is 18.2. The van der Waals surface area contributed by atoms with Crippen molar-refractivity contribution in [1.29, 1.82) is 5.26 Å². The van der Waals surface area contributed by atoms with E-state index in [2.05, 4.69) is 10.3 Å². The normalized spacial score (nSPS) is 27.8. The Bertz CT molecular complexity index is 2110. The van der Waals surface area contributed by atoms with Crippen LogP contribution in [0.4, 0.5) is 0 Å². The number of allylic oxidation sites excluding steroid dienone is 7. The molecule has 1 unspecified atom stereocenters. The predicted octanol–water partition coefficient (Wildman–Crippen LogP) is 5.08. The smallest absolute Gasteiger partial charge is 0.448 e. The lowest BCUT2D eigenvalue weighted by Crippen LogP contribution is -2.58. The number of carbonyl (C=O) groups excluding carboxylic acids is 1. The van der Waals surface area contributed by atoms with Crippen LogP contribution >= 0.6 is 7.82 Å². The summed E-state index contributed by atoms with van der Waals surface area (Å²) >= 11 is 0. The Kier molecular flexibility index (Phi) is 23.7. The second-order valence-electron chi connectivity index (χ2n) is 20.4. The topological polar surface area (TPSA) is 287 Å². The van der Waals surface area contributed by atoms with Crippen LogP contribution in [0.5, 0.6) is 0 Å². The van der Waals surface area contributed by atoms with Gasteiger partial charge in [0.15, 0.2) is 17.8 Å². The van der Waals surface area contributed by atoms with Crippen LogP contribution in [0.15, 0.2) is 63.9 Å². The quantitative estimate of drug-likeness (QED) is 0.0341. The zero-order chi connectivity index (χ0) is 53.8. The Balaban J connectivity index is 1.76. The zero-order valence-corrected chi connectivity index (χ0v) is 44.9. The largest absolute Gasteiger partial charge is 0.469 e. The molecule has 1 amide bonds. The molecule has 0 radical (unpaired) electrons. The van der Waals surface area contributed by atoms with E-state index in [1.54, 1.807) is 52.8 Å². The number of nitrogens with zero attached hydrogens (tertiary/aromatic N) is 3. The molecule has 3 heterocycles. The van der Waals surface area contributed by atoms with Crippen LogP contribution in [0.1, 0.15) is 112 Å². The molecule has 2 fully saturated rings. The molecule has 16 atom stereocenters. The van der Waals surface area contributed by atoms with E-state index in [4.69, 9.17) is 33.2 Å². The number of likely N-dealkylation sites (N-methyl/N-ethyl adjacent to an activating group) is 1. The minimum atomic E-state index is -5.16. The van der Waals surface area contributed by atoms with E-state index in [0.29, 0.717) is 18.0 Å². The van der Waals surface area contributed by atoms with Crippen molar-refractivity contribution in [2.45, 2.75) is 174 Å². The van der Waals surface area contributed by atoms with Gasteiger partial charge in [-0.25, -0.2) is 9.55 Å². The molecule has 0 saturated carbocycles. The summed E-state index contributed by atoms with van der Waals surface area (Å²) in [4.78, 5) is 39.5. The molecule has 0 aliphatic carbocycles. The van der Waals surface area contributed by atoms with Crippen molar-refractivity contribution < 1.29 is 72.6 Å². The maximum absolute atomic E-state index is 12.8.